The highest BCUT2D eigenvalue weighted by molar-refractivity contribution is 8.03. The van der Waals surface area contributed by atoms with Crippen LogP contribution in [0.3, 0.4) is 0 Å². The Morgan fingerprint density at radius 2 is 1.93 bits per heavy atom. The third-order valence-corrected chi connectivity index (χ3v) is 2.08. The van der Waals surface area contributed by atoms with Crippen LogP contribution in [0.2, 0.25) is 0 Å². The lowest BCUT2D eigenvalue weighted by Crippen LogP contribution is -1.65. The van der Waals surface area contributed by atoms with Crippen LogP contribution in [-0.4, -0.2) is 11.0 Å². The smallest absolute Gasteiger partial charge is 0.231 e. The summed E-state index contributed by atoms with van der Waals surface area (Å²) >= 11 is 4.65. The Morgan fingerprint density at radius 3 is 2.36 bits per heavy atom. The molecular weight excluding hydrogens is 217 g/mol. The zero-order chi connectivity index (χ0) is 10.8. The van der Waals surface area contributed by atoms with Crippen molar-refractivity contribution in [3.8, 4) is 0 Å². The molecule has 2 N–H and O–H groups in total. The maximum atomic E-state index is 8.84. The summed E-state index contributed by atoms with van der Waals surface area (Å²) in [7, 11) is 0. The monoisotopic (exact) mass is 227 g/mol. The first-order valence-corrected chi connectivity index (χ1v) is 6.36. The maximum absolute atomic E-state index is 8.84. The minimum Gasteiger partial charge on any atom is -0.364 e. The van der Waals surface area contributed by atoms with Crippen molar-refractivity contribution < 1.29 is 9.69 Å². The van der Waals surface area contributed by atoms with Gasteiger partial charge in [-0.2, -0.15) is 0 Å². The van der Waals surface area contributed by atoms with E-state index in [2.05, 4.69) is 11.8 Å². The number of carbonyl (C=O) groups excluding carboxylic acids is 1. The van der Waals surface area contributed by atoms with Crippen LogP contribution >= 0.6 is 6.92 Å². The maximum Gasteiger partial charge on any atom is 0.231 e. The van der Waals surface area contributed by atoms with Crippen LogP contribution in [0.15, 0.2) is 36.1 Å². The molecule has 1 aromatic rings. The molecule has 0 aliphatic carbocycles. The van der Waals surface area contributed by atoms with Gasteiger partial charge in [0.2, 0.25) is 6.08 Å². The van der Waals surface area contributed by atoms with Crippen LogP contribution in [0.1, 0.15) is 5.56 Å². The molecule has 5 heteroatoms. The molecule has 0 spiro atoms. The SMILES string of the molecule is N=C=O.O[PH](=S)C=Cc1ccccc1. The van der Waals surface area contributed by atoms with Gasteiger partial charge in [0.05, 0.1) is 6.92 Å². The van der Waals surface area contributed by atoms with Crippen molar-refractivity contribution in [1.29, 1.82) is 5.41 Å². The van der Waals surface area contributed by atoms with Gasteiger partial charge >= 0.3 is 0 Å². The second-order valence-corrected chi connectivity index (χ2v) is 4.45. The van der Waals surface area contributed by atoms with E-state index in [0.29, 0.717) is 0 Å². The topological polar surface area (TPSA) is 61.2 Å². The Morgan fingerprint density at radius 1 is 1.43 bits per heavy atom. The molecular formula is C9H10NO2PS. The number of isocyanates is 1. The highest BCUT2D eigenvalue weighted by Crippen LogP contribution is 2.17. The lowest BCUT2D eigenvalue weighted by atomic mass is 10.2. The molecule has 14 heavy (non-hydrogen) atoms. The molecule has 0 aliphatic rings. The zero-order valence-corrected chi connectivity index (χ0v) is 9.12. The van der Waals surface area contributed by atoms with Crippen molar-refractivity contribution in [2.75, 3.05) is 0 Å². The first-order valence-electron chi connectivity index (χ1n) is 3.70. The fraction of sp³-hybridized carbons (Fsp3) is 0. The summed E-state index contributed by atoms with van der Waals surface area (Å²) in [6, 6.07) is 9.79. The molecule has 1 rings (SSSR count). The van der Waals surface area contributed by atoms with E-state index in [9.17, 15) is 0 Å². The van der Waals surface area contributed by atoms with Crippen LogP contribution in [-0.2, 0) is 16.6 Å². The van der Waals surface area contributed by atoms with Gasteiger partial charge in [0.1, 0.15) is 0 Å². The molecule has 74 valence electrons. The lowest BCUT2D eigenvalue weighted by Gasteiger charge is -1.89. The molecule has 1 unspecified atom stereocenters. The number of hydrogen-bond donors (Lipinski definition) is 2. The van der Waals surface area contributed by atoms with Crippen molar-refractivity contribution in [1.82, 2.24) is 0 Å². The van der Waals surface area contributed by atoms with Gasteiger partial charge in [-0.25, -0.2) is 10.2 Å². The fourth-order valence-electron chi connectivity index (χ4n) is 0.732. The largest absolute Gasteiger partial charge is 0.364 e. The van der Waals surface area contributed by atoms with Crippen molar-refractivity contribution in [2.24, 2.45) is 0 Å². The molecule has 0 heterocycles. The van der Waals surface area contributed by atoms with Crippen LogP contribution < -0.4 is 0 Å². The van der Waals surface area contributed by atoms with Crippen molar-refractivity contribution in [3.63, 3.8) is 0 Å². The Balaban J connectivity index is 0.000000500. The first-order chi connectivity index (χ1) is 6.70. The third-order valence-electron chi connectivity index (χ3n) is 1.22. The Kier molecular flexibility index (Phi) is 7.90. The van der Waals surface area contributed by atoms with E-state index in [4.69, 9.17) is 15.1 Å². The zero-order valence-electron chi connectivity index (χ0n) is 7.31. The third kappa shape index (κ3) is 7.59. The van der Waals surface area contributed by atoms with Crippen LogP contribution in [0.25, 0.3) is 6.08 Å². The van der Waals surface area contributed by atoms with Gasteiger partial charge in [-0.15, -0.1) is 0 Å². The summed E-state index contributed by atoms with van der Waals surface area (Å²) in [4.78, 5) is 17.2. The van der Waals surface area contributed by atoms with Gasteiger partial charge in [0.25, 0.3) is 0 Å². The normalized spacial score (nSPS) is 11.2. The van der Waals surface area contributed by atoms with E-state index in [1.165, 1.54) is 0 Å². The second-order valence-electron chi connectivity index (χ2n) is 2.18. The summed E-state index contributed by atoms with van der Waals surface area (Å²) in [6.45, 7) is -1.63. The molecule has 0 amide bonds. The Hall–Kier alpha value is -1.05. The molecule has 1 atom stereocenters. The van der Waals surface area contributed by atoms with Gasteiger partial charge < -0.3 is 4.89 Å². The van der Waals surface area contributed by atoms with Gasteiger partial charge in [-0.3, -0.25) is 0 Å². The predicted octanol–water partition coefficient (Wildman–Crippen LogP) is 2.14. The van der Waals surface area contributed by atoms with E-state index in [1.807, 2.05) is 36.4 Å². The van der Waals surface area contributed by atoms with Crippen LogP contribution in [0.4, 0.5) is 0 Å². The summed E-state index contributed by atoms with van der Waals surface area (Å²) in [5.41, 5.74) is 1.08. The van der Waals surface area contributed by atoms with Crippen LogP contribution in [0, 0.1) is 5.41 Å². The number of benzene rings is 1. The van der Waals surface area contributed by atoms with E-state index < -0.39 is 6.92 Å². The molecule has 0 radical (unpaired) electrons. The standard InChI is InChI=1S/C8H9OPS.CHNO/c9-10(11)7-6-8-4-2-1-3-5-8;2-1-3/h1-7,10H,(H,9,11);2H. The van der Waals surface area contributed by atoms with E-state index >= 15 is 0 Å². The average Bonchev–Trinajstić information content (AvgIpc) is 2.18. The quantitative estimate of drug-likeness (QED) is 0.462. The van der Waals surface area contributed by atoms with Gasteiger partial charge in [0, 0.05) is 0 Å². The minimum absolute atomic E-state index is 0.750. The minimum atomic E-state index is -1.63. The molecule has 1 aromatic carbocycles. The van der Waals surface area contributed by atoms with Crippen LogP contribution in [0.5, 0.6) is 0 Å². The number of rotatable bonds is 2. The van der Waals surface area contributed by atoms with Gasteiger partial charge in [0.15, 0.2) is 0 Å². The lowest BCUT2D eigenvalue weighted by molar-refractivity contribution is 0.563. The Bertz CT molecular complexity index is 345. The highest BCUT2D eigenvalue weighted by Gasteiger charge is 1.81. The molecule has 0 saturated heterocycles. The molecule has 0 aliphatic heterocycles. The van der Waals surface area contributed by atoms with Crippen molar-refractivity contribution in [2.45, 2.75) is 0 Å². The molecule has 0 fully saturated rings. The highest BCUT2D eigenvalue weighted by atomic mass is 32.4. The van der Waals surface area contributed by atoms with Gasteiger partial charge in [-0.1, -0.05) is 48.2 Å². The van der Waals surface area contributed by atoms with Crippen molar-refractivity contribution in [3.05, 3.63) is 41.7 Å². The van der Waals surface area contributed by atoms with E-state index in [1.54, 1.807) is 5.82 Å². The average molecular weight is 227 g/mol. The molecule has 0 saturated carbocycles. The summed E-state index contributed by atoms with van der Waals surface area (Å²) in [6.07, 6.45) is 2.60. The van der Waals surface area contributed by atoms with E-state index in [-0.39, 0.29) is 0 Å². The van der Waals surface area contributed by atoms with Gasteiger partial charge in [-0.05, 0) is 11.4 Å². The number of nitrogens with one attached hydrogen (secondary N) is 1. The molecule has 3 nitrogen and oxygen atoms in total. The fourth-order valence-corrected chi connectivity index (χ4v) is 1.27. The first kappa shape index (κ1) is 12.9. The predicted molar refractivity (Wildman–Crippen MR) is 61.8 cm³/mol. The van der Waals surface area contributed by atoms with Crippen molar-refractivity contribution >= 4 is 30.9 Å². The molecule has 0 aromatic heterocycles. The Labute approximate surface area is 88.1 Å². The number of hydrogen-bond acceptors (Lipinski definition) is 3. The summed E-state index contributed by atoms with van der Waals surface area (Å²) in [5, 5.41) is 5.40. The molecule has 0 bridgehead atoms. The second kappa shape index (κ2) is 8.54. The van der Waals surface area contributed by atoms with E-state index in [0.717, 1.165) is 11.6 Å². The summed E-state index contributed by atoms with van der Waals surface area (Å²) in [5.74, 6) is 1.68. The summed E-state index contributed by atoms with van der Waals surface area (Å²) < 4.78 is 0.